The van der Waals surface area contributed by atoms with Gasteiger partial charge in [-0.05, 0) is 36.0 Å². The average molecular weight is 518 g/mol. The van der Waals surface area contributed by atoms with Gasteiger partial charge in [-0.3, -0.25) is 19.2 Å². The third kappa shape index (κ3) is 7.53. The van der Waals surface area contributed by atoms with E-state index in [-0.39, 0.29) is 31.3 Å². The maximum absolute atomic E-state index is 13.0. The van der Waals surface area contributed by atoms with Crippen molar-refractivity contribution in [1.29, 1.82) is 0 Å². The molecule has 7 N–H and O–H groups in total. The summed E-state index contributed by atoms with van der Waals surface area (Å²) in [7, 11) is 1.53. The quantitative estimate of drug-likeness (QED) is 0.239. The van der Waals surface area contributed by atoms with Gasteiger partial charge in [-0.25, -0.2) is 0 Å². The number of carbonyl (C=O) groups is 4. The number of amides is 3. The lowest BCUT2D eigenvalue weighted by Gasteiger charge is -2.33. The number of nitrogens with one attached hydrogen (secondary N) is 2. The normalized spacial score (nSPS) is 23.4. The number of benzene rings is 1. The Morgan fingerprint density at radius 3 is 2.32 bits per heavy atom. The molecule has 11 heteroatoms. The summed E-state index contributed by atoms with van der Waals surface area (Å²) in [5.74, 6) is -2.20. The predicted molar refractivity (Wildman–Crippen MR) is 132 cm³/mol. The first-order chi connectivity index (χ1) is 17.5. The Hall–Kier alpha value is -3.44. The number of aliphatic hydroxyl groups excluding tert-OH is 2. The standard InChI is InChI=1S/C26H35N3O8/c1-37-17-6-4-15(5-7-17)10-19(24(27)35)29-25(36)16-11-18(23(34)20(30)12-16)28-21(31)13-26(14-22(32)33)8-2-3-9-26/h4-7,11,18-20,23,30,34H,2-3,8-10,12-14H2,1H3,(H2,27,35)(H,28,31)(H,29,36)(H,32,33)/t18-,19+,20-,23-/m1/s1. The van der Waals surface area contributed by atoms with Crippen LogP contribution in [0.15, 0.2) is 35.9 Å². The molecule has 202 valence electrons. The molecule has 0 radical (unpaired) electrons. The number of carboxylic acids is 1. The molecule has 4 atom stereocenters. The molecule has 0 saturated heterocycles. The van der Waals surface area contributed by atoms with E-state index in [1.807, 2.05) is 0 Å². The fourth-order valence-electron chi connectivity index (χ4n) is 5.17. The topological polar surface area (TPSA) is 188 Å². The zero-order valence-corrected chi connectivity index (χ0v) is 20.8. The predicted octanol–water partition coefficient (Wildman–Crippen LogP) is 0.170. The summed E-state index contributed by atoms with van der Waals surface area (Å²) in [6.07, 6.45) is 1.39. The van der Waals surface area contributed by atoms with E-state index in [2.05, 4.69) is 10.6 Å². The first-order valence-electron chi connectivity index (χ1n) is 12.3. The van der Waals surface area contributed by atoms with E-state index in [4.69, 9.17) is 10.5 Å². The lowest BCUT2D eigenvalue weighted by atomic mass is 9.79. The van der Waals surface area contributed by atoms with Gasteiger partial charge < -0.3 is 36.4 Å². The van der Waals surface area contributed by atoms with Gasteiger partial charge >= 0.3 is 5.97 Å². The van der Waals surface area contributed by atoms with Gasteiger partial charge in [0.1, 0.15) is 17.9 Å². The van der Waals surface area contributed by atoms with Crippen LogP contribution in [0.5, 0.6) is 5.75 Å². The molecule has 0 aromatic heterocycles. The van der Waals surface area contributed by atoms with Gasteiger partial charge in [0.25, 0.3) is 0 Å². The van der Waals surface area contributed by atoms with Gasteiger partial charge in [-0.1, -0.05) is 31.1 Å². The number of hydrogen-bond donors (Lipinski definition) is 6. The van der Waals surface area contributed by atoms with Crippen molar-refractivity contribution < 1.29 is 39.2 Å². The molecule has 2 aliphatic carbocycles. The van der Waals surface area contributed by atoms with Gasteiger partial charge in [0.15, 0.2) is 0 Å². The SMILES string of the molecule is COc1ccc(C[C@H](NC(=O)C2=C[C@@H](NC(=O)CC3(CC(=O)O)CCCC3)[C@@H](O)[C@H](O)C2)C(N)=O)cc1. The van der Waals surface area contributed by atoms with E-state index >= 15 is 0 Å². The molecular weight excluding hydrogens is 482 g/mol. The number of aliphatic carboxylic acids is 1. The number of carboxylic acid groups (broad SMARTS) is 1. The smallest absolute Gasteiger partial charge is 0.303 e. The highest BCUT2D eigenvalue weighted by Crippen LogP contribution is 2.44. The Bertz CT molecular complexity index is 1030. The van der Waals surface area contributed by atoms with Gasteiger partial charge in [-0.15, -0.1) is 0 Å². The Morgan fingerprint density at radius 1 is 1.11 bits per heavy atom. The number of ether oxygens (including phenoxy) is 1. The Kier molecular flexibility index (Phi) is 9.28. The molecule has 0 unspecified atom stereocenters. The molecule has 1 saturated carbocycles. The summed E-state index contributed by atoms with van der Waals surface area (Å²) in [5, 5.41) is 35.3. The second-order valence-corrected chi connectivity index (χ2v) is 9.98. The highest BCUT2D eigenvalue weighted by atomic mass is 16.5. The Balaban J connectivity index is 1.68. The number of carbonyl (C=O) groups excluding carboxylic acids is 3. The van der Waals surface area contributed by atoms with E-state index in [1.165, 1.54) is 13.2 Å². The van der Waals surface area contributed by atoms with Gasteiger partial charge in [0.2, 0.25) is 17.7 Å². The summed E-state index contributed by atoms with van der Waals surface area (Å²) in [6.45, 7) is 0. The molecule has 0 bridgehead atoms. The van der Waals surface area contributed by atoms with Crippen molar-refractivity contribution in [3.63, 3.8) is 0 Å². The maximum atomic E-state index is 13.0. The van der Waals surface area contributed by atoms with E-state index < -0.39 is 53.4 Å². The van der Waals surface area contributed by atoms with Crippen molar-refractivity contribution >= 4 is 23.7 Å². The van der Waals surface area contributed by atoms with Crippen LogP contribution < -0.4 is 21.1 Å². The molecule has 0 heterocycles. The third-order valence-corrected chi connectivity index (χ3v) is 7.16. The minimum Gasteiger partial charge on any atom is -0.497 e. The van der Waals surface area contributed by atoms with Crippen molar-refractivity contribution in [3.05, 3.63) is 41.5 Å². The van der Waals surface area contributed by atoms with Gasteiger partial charge in [-0.2, -0.15) is 0 Å². The van der Waals surface area contributed by atoms with Crippen LogP contribution in [0.1, 0.15) is 50.5 Å². The molecule has 1 fully saturated rings. The van der Waals surface area contributed by atoms with Crippen molar-refractivity contribution in [2.24, 2.45) is 11.1 Å². The minimum absolute atomic E-state index is 0.0282. The molecule has 1 aromatic rings. The maximum Gasteiger partial charge on any atom is 0.303 e. The van der Waals surface area contributed by atoms with Crippen LogP contribution in [0.4, 0.5) is 0 Å². The number of hydrogen-bond acceptors (Lipinski definition) is 7. The van der Waals surface area contributed by atoms with Gasteiger partial charge in [0.05, 0.1) is 25.7 Å². The molecule has 3 rings (SSSR count). The van der Waals surface area contributed by atoms with Gasteiger partial charge in [0, 0.05) is 24.8 Å². The van der Waals surface area contributed by atoms with Crippen molar-refractivity contribution in [2.75, 3.05) is 7.11 Å². The second-order valence-electron chi connectivity index (χ2n) is 9.98. The summed E-state index contributed by atoms with van der Waals surface area (Å²) in [6, 6.07) is 4.83. The molecule has 3 amide bonds. The monoisotopic (exact) mass is 517 g/mol. The van der Waals surface area contributed by atoms with Crippen LogP contribution in [0.3, 0.4) is 0 Å². The molecule has 0 aliphatic heterocycles. The first-order valence-corrected chi connectivity index (χ1v) is 12.3. The molecule has 37 heavy (non-hydrogen) atoms. The molecule has 11 nitrogen and oxygen atoms in total. The number of methoxy groups -OCH3 is 1. The zero-order chi connectivity index (χ0) is 27.2. The zero-order valence-electron chi connectivity index (χ0n) is 20.8. The molecular formula is C26H35N3O8. The lowest BCUT2D eigenvalue weighted by molar-refractivity contribution is -0.140. The molecule has 0 spiro atoms. The van der Waals surface area contributed by atoms with E-state index in [0.717, 1.165) is 18.4 Å². The van der Waals surface area contributed by atoms with E-state index in [0.29, 0.717) is 18.6 Å². The van der Waals surface area contributed by atoms with E-state index in [9.17, 15) is 34.5 Å². The Morgan fingerprint density at radius 2 is 1.76 bits per heavy atom. The van der Waals surface area contributed by atoms with Crippen LogP contribution >= 0.6 is 0 Å². The summed E-state index contributed by atoms with van der Waals surface area (Å²) in [4.78, 5) is 49.1. The van der Waals surface area contributed by atoms with E-state index in [1.54, 1.807) is 24.3 Å². The average Bonchev–Trinajstić information content (AvgIpc) is 3.28. The van der Waals surface area contributed by atoms with Crippen molar-refractivity contribution in [3.8, 4) is 5.75 Å². The number of nitrogens with two attached hydrogens (primary N) is 1. The number of primary amides is 1. The highest BCUT2D eigenvalue weighted by Gasteiger charge is 2.40. The van der Waals surface area contributed by atoms with Crippen molar-refractivity contribution in [1.82, 2.24) is 10.6 Å². The molecule has 1 aromatic carbocycles. The first kappa shape index (κ1) is 28.1. The lowest BCUT2D eigenvalue weighted by Crippen LogP contribution is -2.52. The summed E-state index contributed by atoms with van der Waals surface area (Å²) >= 11 is 0. The number of aliphatic hydroxyl groups is 2. The van der Waals surface area contributed by atoms with Crippen molar-refractivity contribution in [2.45, 2.75) is 75.7 Å². The van der Waals surface area contributed by atoms with Crippen LogP contribution in [-0.2, 0) is 25.6 Å². The summed E-state index contributed by atoms with van der Waals surface area (Å²) < 4.78 is 5.11. The summed E-state index contributed by atoms with van der Waals surface area (Å²) in [5.41, 5.74) is 5.68. The minimum atomic E-state index is -1.36. The van der Waals surface area contributed by atoms with Crippen LogP contribution in [0.25, 0.3) is 0 Å². The number of rotatable bonds is 11. The highest BCUT2D eigenvalue weighted by molar-refractivity contribution is 5.97. The van der Waals surface area contributed by atoms with Crippen LogP contribution in [0.2, 0.25) is 0 Å². The largest absolute Gasteiger partial charge is 0.497 e. The van der Waals surface area contributed by atoms with Crippen LogP contribution in [0, 0.1) is 5.41 Å². The fraction of sp³-hybridized carbons (Fsp3) is 0.538. The third-order valence-electron chi connectivity index (χ3n) is 7.16. The fourth-order valence-corrected chi connectivity index (χ4v) is 5.17. The Labute approximate surface area is 215 Å². The second kappa shape index (κ2) is 12.2. The van der Waals surface area contributed by atoms with Crippen LogP contribution in [-0.4, -0.2) is 70.4 Å². The molecule has 2 aliphatic rings.